The Balaban J connectivity index is 1.71. The molecule has 134 valence electrons. The number of benzene rings is 1. The fourth-order valence-electron chi connectivity index (χ4n) is 2.64. The number of piperazine rings is 1. The molecule has 1 aromatic heterocycles. The first-order chi connectivity index (χ1) is 12.6. The molecule has 1 aliphatic heterocycles. The van der Waals surface area contributed by atoms with E-state index in [1.807, 2.05) is 0 Å². The molecule has 1 aliphatic rings. The number of pyridine rings is 1. The second-order valence-corrected chi connectivity index (χ2v) is 5.80. The molecule has 7 nitrogen and oxygen atoms in total. The van der Waals surface area contributed by atoms with Gasteiger partial charge in [0.05, 0.1) is 5.69 Å². The van der Waals surface area contributed by atoms with Crippen LogP contribution in [0.25, 0.3) is 0 Å². The third-order valence-corrected chi connectivity index (χ3v) is 4.11. The maximum Gasteiger partial charge on any atom is 0.272 e. The lowest BCUT2D eigenvalue weighted by Crippen LogP contribution is -2.48. The Morgan fingerprint density at radius 1 is 1.12 bits per heavy atom. The van der Waals surface area contributed by atoms with Crippen molar-refractivity contribution in [2.24, 2.45) is 0 Å². The van der Waals surface area contributed by atoms with Gasteiger partial charge in [-0.05, 0) is 24.3 Å². The first-order valence-corrected chi connectivity index (χ1v) is 8.09. The van der Waals surface area contributed by atoms with Gasteiger partial charge in [0.25, 0.3) is 11.8 Å². The molecule has 2 aromatic rings. The van der Waals surface area contributed by atoms with E-state index in [0.29, 0.717) is 26.2 Å². The van der Waals surface area contributed by atoms with Gasteiger partial charge in [-0.1, -0.05) is 12.1 Å². The quantitative estimate of drug-likeness (QED) is 0.839. The van der Waals surface area contributed by atoms with Crippen molar-refractivity contribution in [2.45, 2.75) is 0 Å². The highest BCUT2D eigenvalue weighted by Gasteiger charge is 2.23. The summed E-state index contributed by atoms with van der Waals surface area (Å²) >= 11 is 0. The van der Waals surface area contributed by atoms with E-state index in [4.69, 9.17) is 0 Å². The molecule has 0 spiro atoms. The number of para-hydroxylation sites is 1. The number of halogens is 1. The lowest BCUT2D eigenvalue weighted by molar-refractivity contribution is -0.119. The predicted molar refractivity (Wildman–Crippen MR) is 92.1 cm³/mol. The highest BCUT2D eigenvalue weighted by molar-refractivity contribution is 6.05. The maximum atomic E-state index is 13.7. The zero-order chi connectivity index (χ0) is 18.5. The fraction of sp³-hybridized carbons (Fsp3) is 0.222. The van der Waals surface area contributed by atoms with E-state index in [9.17, 15) is 18.8 Å². The van der Waals surface area contributed by atoms with E-state index in [1.54, 1.807) is 15.9 Å². The number of amides is 3. The van der Waals surface area contributed by atoms with Gasteiger partial charge in [-0.3, -0.25) is 19.4 Å². The number of hydrogen-bond acceptors (Lipinski definition) is 4. The summed E-state index contributed by atoms with van der Waals surface area (Å²) in [6.07, 6.45) is 2.12. The van der Waals surface area contributed by atoms with Crippen LogP contribution in [0.4, 0.5) is 10.1 Å². The molecule has 2 heterocycles. The van der Waals surface area contributed by atoms with Crippen LogP contribution in [0.15, 0.2) is 42.6 Å². The predicted octanol–water partition coefficient (Wildman–Crippen LogP) is 1.39. The molecule has 1 fully saturated rings. The van der Waals surface area contributed by atoms with Gasteiger partial charge < -0.3 is 15.1 Å². The Hall–Kier alpha value is -3.29. The minimum Gasteiger partial charge on any atom is -0.342 e. The van der Waals surface area contributed by atoms with Crippen molar-refractivity contribution >= 4 is 23.9 Å². The van der Waals surface area contributed by atoms with Gasteiger partial charge in [0, 0.05) is 37.9 Å². The molecule has 0 atom stereocenters. The highest BCUT2D eigenvalue weighted by atomic mass is 19.1. The van der Waals surface area contributed by atoms with Crippen LogP contribution < -0.4 is 5.32 Å². The standard InChI is InChI=1S/C18H17FN4O3/c19-14-3-1-2-4-15(14)21-17(25)13-5-6-20-16(11-13)18(26)23-9-7-22(12-24)8-10-23/h1-6,11-12H,7-10H2,(H,21,25). The van der Waals surface area contributed by atoms with Crippen molar-refractivity contribution in [1.82, 2.24) is 14.8 Å². The molecular weight excluding hydrogens is 339 g/mol. The van der Waals surface area contributed by atoms with Crippen LogP contribution in [-0.2, 0) is 4.79 Å². The largest absolute Gasteiger partial charge is 0.342 e. The van der Waals surface area contributed by atoms with Gasteiger partial charge in [0.15, 0.2) is 0 Å². The fourth-order valence-corrected chi connectivity index (χ4v) is 2.64. The Bertz CT molecular complexity index is 835. The molecule has 0 aliphatic carbocycles. The Kier molecular flexibility index (Phi) is 5.21. The first kappa shape index (κ1) is 17.5. The van der Waals surface area contributed by atoms with E-state index < -0.39 is 11.7 Å². The normalized spacial score (nSPS) is 14.0. The number of nitrogens with one attached hydrogen (secondary N) is 1. The van der Waals surface area contributed by atoms with Gasteiger partial charge >= 0.3 is 0 Å². The summed E-state index contributed by atoms with van der Waals surface area (Å²) in [7, 11) is 0. The van der Waals surface area contributed by atoms with Crippen molar-refractivity contribution in [3.05, 3.63) is 59.7 Å². The van der Waals surface area contributed by atoms with Gasteiger partial charge in [-0.2, -0.15) is 0 Å². The molecule has 0 saturated carbocycles. The summed E-state index contributed by atoms with van der Waals surface area (Å²) in [6.45, 7) is 1.74. The Morgan fingerprint density at radius 2 is 1.85 bits per heavy atom. The van der Waals surface area contributed by atoms with Crippen LogP contribution in [0, 0.1) is 5.82 Å². The lowest BCUT2D eigenvalue weighted by Gasteiger charge is -2.32. The zero-order valence-electron chi connectivity index (χ0n) is 13.9. The van der Waals surface area contributed by atoms with Gasteiger partial charge in [-0.25, -0.2) is 4.39 Å². The Morgan fingerprint density at radius 3 is 2.54 bits per heavy atom. The molecule has 0 unspecified atom stereocenters. The highest BCUT2D eigenvalue weighted by Crippen LogP contribution is 2.15. The van der Waals surface area contributed by atoms with Crippen LogP contribution in [0.5, 0.6) is 0 Å². The number of carbonyl (C=O) groups excluding carboxylic acids is 3. The van der Waals surface area contributed by atoms with Crippen molar-refractivity contribution in [3.8, 4) is 0 Å². The van der Waals surface area contributed by atoms with Crippen LogP contribution in [0.1, 0.15) is 20.8 Å². The minimum atomic E-state index is -0.542. The topological polar surface area (TPSA) is 82.6 Å². The molecule has 1 N–H and O–H groups in total. The van der Waals surface area contributed by atoms with E-state index in [1.165, 1.54) is 36.5 Å². The van der Waals surface area contributed by atoms with E-state index in [2.05, 4.69) is 10.3 Å². The van der Waals surface area contributed by atoms with Crippen LogP contribution in [-0.4, -0.2) is 59.2 Å². The number of nitrogens with zero attached hydrogens (tertiary/aromatic N) is 3. The van der Waals surface area contributed by atoms with Crippen molar-refractivity contribution in [3.63, 3.8) is 0 Å². The molecule has 3 rings (SSSR count). The van der Waals surface area contributed by atoms with E-state index >= 15 is 0 Å². The van der Waals surface area contributed by atoms with Gasteiger partial charge in [0.1, 0.15) is 11.5 Å². The molecule has 0 radical (unpaired) electrons. The van der Waals surface area contributed by atoms with Crippen LogP contribution in [0.3, 0.4) is 0 Å². The summed E-state index contributed by atoms with van der Waals surface area (Å²) in [5.41, 5.74) is 0.399. The molecular formula is C18H17FN4O3. The average Bonchev–Trinajstić information content (AvgIpc) is 2.69. The van der Waals surface area contributed by atoms with E-state index in [0.717, 1.165) is 6.41 Å². The maximum absolute atomic E-state index is 13.7. The molecule has 8 heteroatoms. The summed E-state index contributed by atoms with van der Waals surface area (Å²) in [6, 6.07) is 8.67. The molecule has 1 aromatic carbocycles. The van der Waals surface area contributed by atoms with Crippen LogP contribution in [0.2, 0.25) is 0 Å². The monoisotopic (exact) mass is 356 g/mol. The lowest BCUT2D eigenvalue weighted by atomic mass is 10.2. The van der Waals surface area contributed by atoms with Crippen molar-refractivity contribution in [1.29, 1.82) is 0 Å². The van der Waals surface area contributed by atoms with Crippen molar-refractivity contribution in [2.75, 3.05) is 31.5 Å². The van der Waals surface area contributed by atoms with E-state index in [-0.39, 0.29) is 22.9 Å². The Labute approximate surface area is 149 Å². The number of aromatic nitrogens is 1. The van der Waals surface area contributed by atoms with Crippen molar-refractivity contribution < 1.29 is 18.8 Å². The third kappa shape index (κ3) is 3.85. The first-order valence-electron chi connectivity index (χ1n) is 8.09. The second-order valence-electron chi connectivity index (χ2n) is 5.80. The molecule has 3 amide bonds. The molecule has 26 heavy (non-hydrogen) atoms. The second kappa shape index (κ2) is 7.73. The zero-order valence-corrected chi connectivity index (χ0v) is 13.9. The summed E-state index contributed by atoms with van der Waals surface area (Å²) in [4.78, 5) is 42.8. The summed E-state index contributed by atoms with van der Waals surface area (Å²) < 4.78 is 13.7. The average molecular weight is 356 g/mol. The smallest absolute Gasteiger partial charge is 0.272 e. The van der Waals surface area contributed by atoms with Gasteiger partial charge in [-0.15, -0.1) is 0 Å². The SMILES string of the molecule is O=CN1CCN(C(=O)c2cc(C(=O)Nc3ccccc3F)ccn2)CC1. The summed E-state index contributed by atoms with van der Waals surface area (Å²) in [5, 5.41) is 2.47. The van der Waals surface area contributed by atoms with Crippen LogP contribution >= 0.6 is 0 Å². The number of hydrogen-bond donors (Lipinski definition) is 1. The summed E-state index contributed by atoms with van der Waals surface area (Å²) in [5.74, 6) is -1.38. The number of rotatable bonds is 4. The minimum absolute atomic E-state index is 0.0622. The molecule has 0 bridgehead atoms. The van der Waals surface area contributed by atoms with Gasteiger partial charge in [0.2, 0.25) is 6.41 Å². The number of anilines is 1. The third-order valence-electron chi connectivity index (χ3n) is 4.11. The molecule has 1 saturated heterocycles. The number of carbonyl (C=O) groups is 3.